The van der Waals surface area contributed by atoms with Gasteiger partial charge in [-0.15, -0.1) is 0 Å². The minimum absolute atomic E-state index is 0.368. The summed E-state index contributed by atoms with van der Waals surface area (Å²) < 4.78 is 6.77. The van der Waals surface area contributed by atoms with Gasteiger partial charge in [-0.25, -0.2) is 4.79 Å². The van der Waals surface area contributed by atoms with E-state index in [2.05, 4.69) is 4.98 Å². The van der Waals surface area contributed by atoms with E-state index in [4.69, 9.17) is 4.52 Å². The number of rotatable bonds is 2. The number of nitrogens with zero attached hydrogens (tertiary/aromatic N) is 2. The third-order valence-corrected chi connectivity index (χ3v) is 2.90. The van der Waals surface area contributed by atoms with E-state index < -0.39 is 0 Å². The van der Waals surface area contributed by atoms with Gasteiger partial charge in [0.2, 0.25) is 0 Å². The van der Waals surface area contributed by atoms with Gasteiger partial charge in [0.15, 0.2) is 0 Å². The lowest BCUT2D eigenvalue weighted by Crippen LogP contribution is -1.96. The number of hydrogen-bond acceptors (Lipinski definition) is 3. The molecule has 0 aliphatic rings. The van der Waals surface area contributed by atoms with Crippen molar-refractivity contribution in [2.24, 2.45) is 0 Å². The molecule has 2 aromatic heterocycles. The van der Waals surface area contributed by atoms with Crippen molar-refractivity contribution in [1.82, 2.24) is 9.72 Å². The van der Waals surface area contributed by atoms with Gasteiger partial charge in [0.05, 0.1) is 17.4 Å². The molecule has 0 aliphatic carbocycles. The summed E-state index contributed by atoms with van der Waals surface area (Å²) in [5, 5.41) is 0. The second kappa shape index (κ2) is 4.57. The van der Waals surface area contributed by atoms with Gasteiger partial charge in [-0.3, -0.25) is 4.98 Å². The first-order valence-electron chi connectivity index (χ1n) is 5.95. The second-order valence-electron chi connectivity index (χ2n) is 4.31. The average molecular weight is 252 g/mol. The summed E-state index contributed by atoms with van der Waals surface area (Å²) in [5.74, 6) is 0. The highest BCUT2D eigenvalue weighted by Crippen LogP contribution is 2.21. The highest BCUT2D eigenvalue weighted by atomic mass is 16.5. The fourth-order valence-electron chi connectivity index (χ4n) is 1.93. The summed E-state index contributed by atoms with van der Waals surface area (Å²) >= 11 is 0. The number of aryl methyl sites for hydroxylation is 1. The summed E-state index contributed by atoms with van der Waals surface area (Å²) in [6.07, 6.45) is 3.37. The monoisotopic (exact) mass is 252 g/mol. The zero-order valence-corrected chi connectivity index (χ0v) is 10.4. The zero-order chi connectivity index (χ0) is 13.2. The Hall–Kier alpha value is -2.62. The van der Waals surface area contributed by atoms with Gasteiger partial charge in [-0.1, -0.05) is 17.7 Å². The van der Waals surface area contributed by atoms with Crippen molar-refractivity contribution in [2.75, 3.05) is 0 Å². The highest BCUT2D eigenvalue weighted by Gasteiger charge is 2.10. The molecular formula is C15H12N2O2. The Kier molecular flexibility index (Phi) is 2.76. The van der Waals surface area contributed by atoms with Crippen molar-refractivity contribution < 1.29 is 4.52 Å². The average Bonchev–Trinajstić information content (AvgIpc) is 2.83. The molecule has 0 bridgehead atoms. The highest BCUT2D eigenvalue weighted by molar-refractivity contribution is 5.60. The lowest BCUT2D eigenvalue weighted by Gasteiger charge is -2.06. The van der Waals surface area contributed by atoms with Gasteiger partial charge >= 0.3 is 5.63 Å². The standard InChI is InChI=1S/C15H12N2O2/c1-11-2-4-13(5-3-11)17-14(10-15(18)19-17)12-6-8-16-9-7-12/h2-10H,1H3. The van der Waals surface area contributed by atoms with E-state index in [-0.39, 0.29) is 5.63 Å². The van der Waals surface area contributed by atoms with Crippen LogP contribution in [0.15, 0.2) is 64.2 Å². The second-order valence-corrected chi connectivity index (χ2v) is 4.31. The summed E-state index contributed by atoms with van der Waals surface area (Å²) in [7, 11) is 0. The van der Waals surface area contributed by atoms with E-state index in [1.165, 1.54) is 10.8 Å². The molecular weight excluding hydrogens is 240 g/mol. The molecule has 0 aliphatic heterocycles. The third-order valence-electron chi connectivity index (χ3n) is 2.90. The number of hydrogen-bond donors (Lipinski definition) is 0. The molecule has 4 heteroatoms. The lowest BCUT2D eigenvalue weighted by molar-refractivity contribution is 0.326. The largest absolute Gasteiger partial charge is 0.358 e. The van der Waals surface area contributed by atoms with E-state index in [0.717, 1.165) is 22.5 Å². The molecule has 0 spiro atoms. The quantitative estimate of drug-likeness (QED) is 0.704. The van der Waals surface area contributed by atoms with Crippen molar-refractivity contribution in [3.63, 3.8) is 0 Å². The number of pyridine rings is 1. The summed E-state index contributed by atoms with van der Waals surface area (Å²) in [5.41, 5.74) is 3.22. The Morgan fingerprint density at radius 3 is 2.42 bits per heavy atom. The summed E-state index contributed by atoms with van der Waals surface area (Å²) in [6, 6.07) is 13.0. The molecule has 94 valence electrons. The molecule has 0 fully saturated rings. The van der Waals surface area contributed by atoms with Crippen LogP contribution < -0.4 is 5.63 Å². The Morgan fingerprint density at radius 2 is 1.74 bits per heavy atom. The Morgan fingerprint density at radius 1 is 1.05 bits per heavy atom. The minimum atomic E-state index is -0.368. The normalized spacial score (nSPS) is 10.6. The van der Waals surface area contributed by atoms with Crippen LogP contribution in [-0.2, 0) is 0 Å². The third kappa shape index (κ3) is 2.20. The van der Waals surface area contributed by atoms with Crippen LogP contribution in [0.25, 0.3) is 16.9 Å². The van der Waals surface area contributed by atoms with Gasteiger partial charge in [-0.05, 0) is 31.2 Å². The van der Waals surface area contributed by atoms with Crippen molar-refractivity contribution in [3.05, 3.63) is 70.8 Å². The van der Waals surface area contributed by atoms with E-state index >= 15 is 0 Å². The molecule has 3 aromatic rings. The Labute approximate surface area is 109 Å². The molecule has 1 aromatic carbocycles. The van der Waals surface area contributed by atoms with Crippen molar-refractivity contribution in [2.45, 2.75) is 6.92 Å². The van der Waals surface area contributed by atoms with E-state index in [0.29, 0.717) is 0 Å². The van der Waals surface area contributed by atoms with Crippen molar-refractivity contribution in [3.8, 4) is 16.9 Å². The maximum atomic E-state index is 11.5. The summed E-state index contributed by atoms with van der Waals surface area (Å²) in [4.78, 5) is 15.5. The van der Waals surface area contributed by atoms with Crippen LogP contribution in [0.1, 0.15) is 5.56 Å². The van der Waals surface area contributed by atoms with Crippen LogP contribution >= 0.6 is 0 Å². The fraction of sp³-hybridized carbons (Fsp3) is 0.0667. The molecule has 0 radical (unpaired) electrons. The predicted molar refractivity (Wildman–Crippen MR) is 72.3 cm³/mol. The number of aromatic nitrogens is 2. The molecule has 4 nitrogen and oxygen atoms in total. The van der Waals surface area contributed by atoms with Gasteiger partial charge in [0, 0.05) is 18.0 Å². The molecule has 2 heterocycles. The van der Waals surface area contributed by atoms with Crippen LogP contribution in [0, 0.1) is 6.92 Å². The number of benzene rings is 1. The maximum absolute atomic E-state index is 11.5. The van der Waals surface area contributed by atoms with E-state index in [9.17, 15) is 4.79 Å². The van der Waals surface area contributed by atoms with Gasteiger partial charge < -0.3 is 4.52 Å². The van der Waals surface area contributed by atoms with Gasteiger partial charge in [-0.2, -0.15) is 4.74 Å². The van der Waals surface area contributed by atoms with Crippen molar-refractivity contribution >= 4 is 0 Å². The van der Waals surface area contributed by atoms with E-state index in [1.54, 1.807) is 12.4 Å². The lowest BCUT2D eigenvalue weighted by atomic mass is 10.2. The molecule has 0 saturated heterocycles. The molecule has 0 N–H and O–H groups in total. The van der Waals surface area contributed by atoms with Crippen LogP contribution in [0.3, 0.4) is 0 Å². The van der Waals surface area contributed by atoms with Crippen LogP contribution in [0.5, 0.6) is 0 Å². The molecule has 0 amide bonds. The molecule has 0 atom stereocenters. The van der Waals surface area contributed by atoms with Crippen LogP contribution in [0.4, 0.5) is 0 Å². The van der Waals surface area contributed by atoms with Gasteiger partial charge in [0.25, 0.3) is 0 Å². The predicted octanol–water partition coefficient (Wildman–Crippen LogP) is 2.80. The van der Waals surface area contributed by atoms with Crippen molar-refractivity contribution in [1.29, 1.82) is 0 Å². The zero-order valence-electron chi connectivity index (χ0n) is 10.4. The fourth-order valence-corrected chi connectivity index (χ4v) is 1.93. The molecule has 19 heavy (non-hydrogen) atoms. The Bertz CT molecular complexity index is 740. The smallest absolute Gasteiger partial charge is 0.331 e. The summed E-state index contributed by atoms with van der Waals surface area (Å²) in [6.45, 7) is 2.01. The first-order valence-corrected chi connectivity index (χ1v) is 5.95. The topological polar surface area (TPSA) is 48.0 Å². The first-order chi connectivity index (χ1) is 9.24. The van der Waals surface area contributed by atoms with Crippen LogP contribution in [-0.4, -0.2) is 9.72 Å². The Balaban J connectivity index is 2.17. The van der Waals surface area contributed by atoms with E-state index in [1.807, 2.05) is 43.3 Å². The maximum Gasteiger partial charge on any atom is 0.358 e. The van der Waals surface area contributed by atoms with Gasteiger partial charge in [0.1, 0.15) is 0 Å². The molecule has 3 rings (SSSR count). The van der Waals surface area contributed by atoms with Crippen LogP contribution in [0.2, 0.25) is 0 Å². The molecule has 0 saturated carbocycles. The first kappa shape index (κ1) is 11.5. The SMILES string of the molecule is Cc1ccc(-n2oc(=O)cc2-c2ccncc2)cc1. The molecule has 0 unspecified atom stereocenters. The minimum Gasteiger partial charge on any atom is -0.331 e.